The zero-order chi connectivity index (χ0) is 31.8. The van der Waals surface area contributed by atoms with Crippen molar-refractivity contribution >= 4 is 0 Å². The maximum Gasteiger partial charge on any atom is 0.161 e. The van der Waals surface area contributed by atoms with Crippen LogP contribution in [0.4, 0.5) is 0 Å². The standard InChI is InChI=1S/C36H57N3O4/c1-26(2)36(28-14-16-31(41-9)33(22-28)43-11,25-37-24-29-23-34(3,4)38-35(29,5)6)18-12-19-39(7)20-17-27-13-15-30(40-8)32(21-27)42-10/h13-16,21-23,26,37-38H,12,17-20,24-25H2,1-11H3. The quantitative estimate of drug-likeness (QED) is 0.210. The van der Waals surface area contributed by atoms with Crippen molar-refractivity contribution in [1.82, 2.24) is 15.5 Å². The van der Waals surface area contributed by atoms with E-state index >= 15 is 0 Å². The van der Waals surface area contributed by atoms with Gasteiger partial charge >= 0.3 is 0 Å². The smallest absolute Gasteiger partial charge is 0.161 e. The minimum atomic E-state index is -0.0734. The third-order valence-corrected chi connectivity index (χ3v) is 9.18. The third kappa shape index (κ3) is 8.68. The van der Waals surface area contributed by atoms with E-state index in [1.54, 1.807) is 28.4 Å². The van der Waals surface area contributed by atoms with E-state index in [1.165, 1.54) is 16.7 Å². The van der Waals surface area contributed by atoms with Crippen LogP contribution in [0.25, 0.3) is 0 Å². The molecule has 43 heavy (non-hydrogen) atoms. The molecule has 1 heterocycles. The van der Waals surface area contributed by atoms with Gasteiger partial charge in [0.1, 0.15) is 0 Å². The molecule has 1 unspecified atom stereocenters. The summed E-state index contributed by atoms with van der Waals surface area (Å²) in [5.74, 6) is 3.50. The summed E-state index contributed by atoms with van der Waals surface area (Å²) in [6.07, 6.45) is 5.49. The molecule has 7 nitrogen and oxygen atoms in total. The van der Waals surface area contributed by atoms with Gasteiger partial charge in [0, 0.05) is 36.1 Å². The van der Waals surface area contributed by atoms with Crippen molar-refractivity contribution < 1.29 is 18.9 Å². The monoisotopic (exact) mass is 595 g/mol. The minimum absolute atomic E-state index is 0.000530. The molecule has 2 aromatic rings. The Hall–Kier alpha value is -2.74. The van der Waals surface area contributed by atoms with Gasteiger partial charge in [0.2, 0.25) is 0 Å². The molecule has 0 saturated carbocycles. The fourth-order valence-corrected chi connectivity index (χ4v) is 6.67. The van der Waals surface area contributed by atoms with Crippen LogP contribution in [0.5, 0.6) is 23.0 Å². The molecule has 0 fully saturated rings. The number of nitrogens with one attached hydrogen (secondary N) is 2. The first kappa shape index (κ1) is 34.7. The number of benzene rings is 2. The molecule has 0 bridgehead atoms. The summed E-state index contributed by atoms with van der Waals surface area (Å²) < 4.78 is 22.2. The molecule has 0 radical (unpaired) electrons. The Morgan fingerprint density at radius 3 is 2.00 bits per heavy atom. The molecule has 0 spiro atoms. The summed E-state index contributed by atoms with van der Waals surface area (Å²) in [6, 6.07) is 12.7. The molecule has 240 valence electrons. The van der Waals surface area contributed by atoms with Crippen LogP contribution in [0.3, 0.4) is 0 Å². The fourth-order valence-electron chi connectivity index (χ4n) is 6.67. The summed E-state index contributed by atoms with van der Waals surface area (Å²) in [7, 11) is 8.98. The number of hydrogen-bond donors (Lipinski definition) is 2. The Labute approximate surface area is 261 Å². The first-order valence-corrected chi connectivity index (χ1v) is 15.6. The number of methoxy groups -OCH3 is 4. The first-order chi connectivity index (χ1) is 20.3. The van der Waals surface area contributed by atoms with E-state index in [1.807, 2.05) is 6.07 Å². The average molecular weight is 596 g/mol. The third-order valence-electron chi connectivity index (χ3n) is 9.18. The second-order valence-corrected chi connectivity index (χ2v) is 13.5. The number of ether oxygens (including phenoxy) is 4. The molecule has 0 aromatic heterocycles. The lowest BCUT2D eigenvalue weighted by Gasteiger charge is -2.40. The first-order valence-electron chi connectivity index (χ1n) is 15.6. The van der Waals surface area contributed by atoms with Crippen molar-refractivity contribution in [3.05, 3.63) is 59.2 Å². The maximum atomic E-state index is 5.75. The van der Waals surface area contributed by atoms with Gasteiger partial charge in [0.25, 0.3) is 0 Å². The van der Waals surface area contributed by atoms with E-state index in [2.05, 4.69) is 101 Å². The summed E-state index contributed by atoms with van der Waals surface area (Å²) >= 11 is 0. The molecule has 3 rings (SSSR count). The molecule has 0 amide bonds. The summed E-state index contributed by atoms with van der Waals surface area (Å²) in [4.78, 5) is 2.43. The van der Waals surface area contributed by atoms with Crippen LogP contribution in [0, 0.1) is 5.92 Å². The van der Waals surface area contributed by atoms with Gasteiger partial charge in [-0.2, -0.15) is 0 Å². The van der Waals surface area contributed by atoms with E-state index in [9.17, 15) is 0 Å². The lowest BCUT2D eigenvalue weighted by molar-refractivity contribution is 0.241. The molecule has 1 aliphatic rings. The Bertz CT molecular complexity index is 1220. The summed E-state index contributed by atoms with van der Waals surface area (Å²) in [5, 5.41) is 7.65. The topological polar surface area (TPSA) is 64.2 Å². The van der Waals surface area contributed by atoms with Crippen molar-refractivity contribution in [3.63, 3.8) is 0 Å². The average Bonchev–Trinajstić information content (AvgIpc) is 3.19. The highest BCUT2D eigenvalue weighted by molar-refractivity contribution is 5.46. The van der Waals surface area contributed by atoms with Crippen LogP contribution in [-0.2, 0) is 11.8 Å². The van der Waals surface area contributed by atoms with Crippen LogP contribution in [-0.4, -0.2) is 77.6 Å². The molecule has 1 atom stereocenters. The van der Waals surface area contributed by atoms with E-state index in [-0.39, 0.29) is 16.5 Å². The van der Waals surface area contributed by atoms with E-state index in [0.29, 0.717) is 5.92 Å². The molecule has 1 aliphatic heterocycles. The van der Waals surface area contributed by atoms with E-state index in [4.69, 9.17) is 18.9 Å². The minimum Gasteiger partial charge on any atom is -0.493 e. The number of likely N-dealkylation sites (N-methyl/N-ethyl adjacent to an activating group) is 1. The number of nitrogens with zero attached hydrogens (tertiary/aromatic N) is 1. The van der Waals surface area contributed by atoms with Gasteiger partial charge in [0.05, 0.1) is 28.4 Å². The van der Waals surface area contributed by atoms with E-state index in [0.717, 1.165) is 68.4 Å². The molecular formula is C36H57N3O4. The molecule has 0 saturated heterocycles. The summed E-state index contributed by atoms with van der Waals surface area (Å²) in [6.45, 7) is 17.5. The SMILES string of the molecule is COc1ccc(CCN(C)CCCC(CNCC2=CC(C)(C)NC2(C)C)(c2ccc(OC)c(OC)c2)C(C)C)cc1OC. The van der Waals surface area contributed by atoms with Gasteiger partial charge in [-0.1, -0.05) is 32.1 Å². The number of hydrogen-bond acceptors (Lipinski definition) is 7. The highest BCUT2D eigenvalue weighted by Crippen LogP contribution is 2.41. The maximum absolute atomic E-state index is 5.75. The molecule has 7 heteroatoms. The predicted molar refractivity (Wildman–Crippen MR) is 178 cm³/mol. The van der Waals surface area contributed by atoms with Crippen LogP contribution < -0.4 is 29.6 Å². The van der Waals surface area contributed by atoms with Gasteiger partial charge in [-0.05, 0) is 107 Å². The van der Waals surface area contributed by atoms with Gasteiger partial charge < -0.3 is 29.2 Å². The van der Waals surface area contributed by atoms with Gasteiger partial charge in [0.15, 0.2) is 23.0 Å². The second kappa shape index (κ2) is 14.8. The van der Waals surface area contributed by atoms with E-state index < -0.39 is 0 Å². The van der Waals surface area contributed by atoms with Gasteiger partial charge in [-0.25, -0.2) is 0 Å². The van der Waals surface area contributed by atoms with Crippen molar-refractivity contribution in [3.8, 4) is 23.0 Å². The Morgan fingerprint density at radius 2 is 1.44 bits per heavy atom. The fraction of sp³-hybridized carbons (Fsp3) is 0.611. The highest BCUT2D eigenvalue weighted by atomic mass is 16.5. The zero-order valence-corrected chi connectivity index (χ0v) is 28.6. The van der Waals surface area contributed by atoms with Gasteiger partial charge in [-0.15, -0.1) is 0 Å². The number of rotatable bonds is 17. The Morgan fingerprint density at radius 1 is 0.837 bits per heavy atom. The normalized spacial score (nSPS) is 17.1. The van der Waals surface area contributed by atoms with Crippen molar-refractivity contribution in [2.24, 2.45) is 5.92 Å². The lowest BCUT2D eigenvalue weighted by atomic mass is 9.68. The van der Waals surface area contributed by atoms with Crippen LogP contribution >= 0.6 is 0 Å². The van der Waals surface area contributed by atoms with Crippen LogP contribution in [0.2, 0.25) is 0 Å². The lowest BCUT2D eigenvalue weighted by Crippen LogP contribution is -2.48. The predicted octanol–water partition coefficient (Wildman–Crippen LogP) is 6.25. The summed E-state index contributed by atoms with van der Waals surface area (Å²) in [5.41, 5.74) is 3.85. The van der Waals surface area contributed by atoms with Crippen molar-refractivity contribution in [2.45, 2.75) is 77.3 Å². The molecule has 2 N–H and O–H groups in total. The second-order valence-electron chi connectivity index (χ2n) is 13.5. The Balaban J connectivity index is 1.75. The Kier molecular flexibility index (Phi) is 12.0. The molecular weight excluding hydrogens is 538 g/mol. The largest absolute Gasteiger partial charge is 0.493 e. The zero-order valence-electron chi connectivity index (χ0n) is 28.6. The molecule has 0 aliphatic carbocycles. The van der Waals surface area contributed by atoms with Gasteiger partial charge in [-0.3, -0.25) is 5.32 Å². The van der Waals surface area contributed by atoms with Crippen LogP contribution in [0.15, 0.2) is 48.0 Å². The van der Waals surface area contributed by atoms with Crippen LogP contribution in [0.1, 0.15) is 65.5 Å². The van der Waals surface area contributed by atoms with Crippen molar-refractivity contribution in [2.75, 3.05) is 61.7 Å². The highest BCUT2D eigenvalue weighted by Gasteiger charge is 2.39. The van der Waals surface area contributed by atoms with Crippen molar-refractivity contribution in [1.29, 1.82) is 0 Å². The molecule has 2 aromatic carbocycles.